The maximum atomic E-state index is 11.6. The van der Waals surface area contributed by atoms with Crippen LogP contribution in [0.15, 0.2) is 30.3 Å². The molecule has 1 fully saturated rings. The quantitative estimate of drug-likeness (QED) is 0.785. The molecule has 0 saturated heterocycles. The van der Waals surface area contributed by atoms with E-state index in [4.69, 9.17) is 10.5 Å². The first kappa shape index (κ1) is 11.6. The second-order valence-electron chi connectivity index (χ2n) is 4.23. The summed E-state index contributed by atoms with van der Waals surface area (Å²) >= 11 is 0. The van der Waals surface area contributed by atoms with Gasteiger partial charge >= 0.3 is 0 Å². The second-order valence-corrected chi connectivity index (χ2v) is 6.40. The fourth-order valence-electron chi connectivity index (χ4n) is 2.33. The Hall–Kier alpha value is -1.85. The van der Waals surface area contributed by atoms with Gasteiger partial charge in [0.25, 0.3) is 0 Å². The number of hydrogen-bond acceptors (Lipinski definition) is 4. The van der Waals surface area contributed by atoms with Gasteiger partial charge in [-0.2, -0.15) is 10.5 Å². The summed E-state index contributed by atoms with van der Waals surface area (Å²) in [4.78, 5) is 0. The maximum Gasteiger partial charge on any atom is 0.169 e. The molecular formula is C12H10N2O2S. The van der Waals surface area contributed by atoms with Gasteiger partial charge in [-0.3, -0.25) is 0 Å². The first-order valence-electron chi connectivity index (χ1n) is 5.03. The lowest BCUT2D eigenvalue weighted by Crippen LogP contribution is -2.11. The van der Waals surface area contributed by atoms with Crippen molar-refractivity contribution in [2.45, 2.75) is 11.2 Å². The molecule has 2 rings (SSSR count). The Morgan fingerprint density at radius 3 is 2.06 bits per heavy atom. The van der Waals surface area contributed by atoms with Crippen molar-refractivity contribution in [2.24, 2.45) is 5.41 Å². The monoisotopic (exact) mass is 246 g/mol. The largest absolute Gasteiger partial charge is 0.229 e. The zero-order valence-corrected chi connectivity index (χ0v) is 9.98. The van der Waals surface area contributed by atoms with E-state index in [1.54, 1.807) is 24.3 Å². The fraction of sp³-hybridized carbons (Fsp3) is 0.333. The molecular weight excluding hydrogens is 236 g/mol. The SMILES string of the molecule is CS(=O)(=O)[C@H]1[C@@H](c2ccccc2)C1(C#N)C#N. The molecule has 0 N–H and O–H groups in total. The van der Waals surface area contributed by atoms with Crippen LogP contribution < -0.4 is 0 Å². The van der Waals surface area contributed by atoms with Crippen molar-refractivity contribution in [3.8, 4) is 12.1 Å². The van der Waals surface area contributed by atoms with Gasteiger partial charge in [0.05, 0.1) is 12.1 Å². The summed E-state index contributed by atoms with van der Waals surface area (Å²) in [5, 5.41) is 17.3. The third-order valence-corrected chi connectivity index (χ3v) is 4.69. The molecule has 5 heteroatoms. The highest BCUT2D eigenvalue weighted by molar-refractivity contribution is 7.91. The average molecular weight is 246 g/mol. The van der Waals surface area contributed by atoms with Crippen LogP contribution in [-0.4, -0.2) is 19.9 Å². The Labute approximate surface area is 100 Å². The normalized spacial score (nSPS) is 25.6. The van der Waals surface area contributed by atoms with Crippen LogP contribution in [0, 0.1) is 28.1 Å². The van der Waals surface area contributed by atoms with Gasteiger partial charge in [0.2, 0.25) is 0 Å². The summed E-state index contributed by atoms with van der Waals surface area (Å²) in [7, 11) is -3.40. The molecule has 86 valence electrons. The molecule has 1 aliphatic rings. The minimum atomic E-state index is -3.40. The zero-order chi connectivity index (χ0) is 12.7. The van der Waals surface area contributed by atoms with E-state index >= 15 is 0 Å². The lowest BCUT2D eigenvalue weighted by atomic mass is 10.0. The minimum Gasteiger partial charge on any atom is -0.229 e. The fourth-order valence-corrected chi connectivity index (χ4v) is 4.05. The van der Waals surface area contributed by atoms with Crippen LogP contribution in [-0.2, 0) is 9.84 Å². The minimum absolute atomic E-state index is 0.534. The van der Waals surface area contributed by atoms with Crippen LogP contribution in [0.3, 0.4) is 0 Å². The van der Waals surface area contributed by atoms with E-state index in [0.717, 1.165) is 11.8 Å². The maximum absolute atomic E-state index is 11.6. The Morgan fingerprint density at radius 1 is 1.18 bits per heavy atom. The molecule has 17 heavy (non-hydrogen) atoms. The molecule has 1 aromatic carbocycles. The Balaban J connectivity index is 2.52. The van der Waals surface area contributed by atoms with Crippen LogP contribution in [0.5, 0.6) is 0 Å². The van der Waals surface area contributed by atoms with Crippen molar-refractivity contribution in [3.05, 3.63) is 35.9 Å². The molecule has 0 unspecified atom stereocenters. The summed E-state index contributed by atoms with van der Waals surface area (Å²) in [6.45, 7) is 0. The Bertz CT molecular complexity index is 609. The summed E-state index contributed by atoms with van der Waals surface area (Å²) < 4.78 is 23.2. The van der Waals surface area contributed by atoms with E-state index in [-0.39, 0.29) is 0 Å². The summed E-state index contributed by atoms with van der Waals surface area (Å²) in [5.41, 5.74) is -0.694. The van der Waals surface area contributed by atoms with Gasteiger partial charge < -0.3 is 0 Å². The number of nitriles is 2. The van der Waals surface area contributed by atoms with Crippen molar-refractivity contribution in [3.63, 3.8) is 0 Å². The Morgan fingerprint density at radius 2 is 1.71 bits per heavy atom. The van der Waals surface area contributed by atoms with Gasteiger partial charge in [0.1, 0.15) is 5.25 Å². The molecule has 0 spiro atoms. The third kappa shape index (κ3) is 1.60. The van der Waals surface area contributed by atoms with E-state index < -0.39 is 26.4 Å². The zero-order valence-electron chi connectivity index (χ0n) is 9.16. The summed E-state index contributed by atoms with van der Waals surface area (Å²) in [6, 6.07) is 12.6. The van der Waals surface area contributed by atoms with Gasteiger partial charge in [0, 0.05) is 12.2 Å². The van der Waals surface area contributed by atoms with Crippen LogP contribution >= 0.6 is 0 Å². The molecule has 0 aromatic heterocycles. The molecule has 0 aliphatic heterocycles. The molecule has 0 amide bonds. The van der Waals surface area contributed by atoms with E-state index in [9.17, 15) is 8.42 Å². The van der Waals surface area contributed by atoms with Crippen molar-refractivity contribution < 1.29 is 8.42 Å². The number of hydrogen-bond donors (Lipinski definition) is 0. The highest BCUT2D eigenvalue weighted by Crippen LogP contribution is 2.61. The first-order chi connectivity index (χ1) is 7.97. The third-order valence-electron chi connectivity index (χ3n) is 3.12. The molecule has 4 nitrogen and oxygen atoms in total. The number of nitrogens with zero attached hydrogens (tertiary/aromatic N) is 2. The summed E-state index contributed by atoms with van der Waals surface area (Å²) in [6.07, 6.45) is 1.07. The van der Waals surface area contributed by atoms with Gasteiger partial charge in [-0.1, -0.05) is 30.3 Å². The van der Waals surface area contributed by atoms with Crippen molar-refractivity contribution in [1.82, 2.24) is 0 Å². The van der Waals surface area contributed by atoms with Crippen LogP contribution in [0.2, 0.25) is 0 Å². The smallest absolute Gasteiger partial charge is 0.169 e. The number of sulfone groups is 1. The average Bonchev–Trinajstić information content (AvgIpc) is 3.00. The summed E-state index contributed by atoms with van der Waals surface area (Å²) in [5.74, 6) is -0.534. The molecule has 0 heterocycles. The lowest BCUT2D eigenvalue weighted by Gasteiger charge is -1.97. The number of rotatable bonds is 2. The highest BCUT2D eigenvalue weighted by Gasteiger charge is 2.72. The highest BCUT2D eigenvalue weighted by atomic mass is 32.2. The van der Waals surface area contributed by atoms with Gasteiger partial charge in [-0.25, -0.2) is 8.42 Å². The topological polar surface area (TPSA) is 81.7 Å². The van der Waals surface area contributed by atoms with Crippen molar-refractivity contribution >= 4 is 9.84 Å². The van der Waals surface area contributed by atoms with E-state index in [2.05, 4.69) is 0 Å². The molecule has 1 saturated carbocycles. The molecule has 2 atom stereocenters. The van der Waals surface area contributed by atoms with E-state index in [1.807, 2.05) is 18.2 Å². The number of benzene rings is 1. The van der Waals surface area contributed by atoms with Crippen LogP contribution in [0.4, 0.5) is 0 Å². The molecule has 1 aromatic rings. The molecule has 0 radical (unpaired) electrons. The van der Waals surface area contributed by atoms with Crippen molar-refractivity contribution in [1.29, 1.82) is 10.5 Å². The predicted octanol–water partition coefficient (Wildman–Crippen LogP) is 1.23. The van der Waals surface area contributed by atoms with E-state index in [1.165, 1.54) is 0 Å². The second kappa shape index (κ2) is 3.58. The lowest BCUT2D eigenvalue weighted by molar-refractivity contribution is 0.597. The van der Waals surface area contributed by atoms with Crippen LogP contribution in [0.25, 0.3) is 0 Å². The van der Waals surface area contributed by atoms with Gasteiger partial charge in [0.15, 0.2) is 15.3 Å². The van der Waals surface area contributed by atoms with E-state index in [0.29, 0.717) is 0 Å². The first-order valence-corrected chi connectivity index (χ1v) is 6.99. The Kier molecular flexibility index (Phi) is 2.45. The standard InChI is InChI=1S/C12H10N2O2S/c1-17(15,16)11-10(12(11,7-13)8-14)9-5-3-2-4-6-9/h2-6,10-11H,1H3/t10-,11+/m1/s1. The molecule has 0 bridgehead atoms. The van der Waals surface area contributed by atoms with Crippen LogP contribution in [0.1, 0.15) is 11.5 Å². The predicted molar refractivity (Wildman–Crippen MR) is 61.5 cm³/mol. The molecule has 1 aliphatic carbocycles. The van der Waals surface area contributed by atoms with Crippen molar-refractivity contribution in [2.75, 3.05) is 6.26 Å². The van der Waals surface area contributed by atoms with Gasteiger partial charge in [-0.05, 0) is 5.56 Å². The van der Waals surface area contributed by atoms with Gasteiger partial charge in [-0.15, -0.1) is 0 Å².